The van der Waals surface area contributed by atoms with Crippen molar-refractivity contribution in [2.45, 2.75) is 32.9 Å². The molecule has 0 spiro atoms. The molecule has 0 aliphatic carbocycles. The summed E-state index contributed by atoms with van der Waals surface area (Å²) in [5, 5.41) is 0. The Kier molecular flexibility index (Phi) is 4.43. The van der Waals surface area contributed by atoms with Crippen molar-refractivity contribution < 1.29 is 0 Å². The van der Waals surface area contributed by atoms with Gasteiger partial charge in [0.2, 0.25) is 0 Å². The lowest BCUT2D eigenvalue weighted by atomic mass is 10.0. The van der Waals surface area contributed by atoms with Gasteiger partial charge in [0.1, 0.15) is 0 Å². The summed E-state index contributed by atoms with van der Waals surface area (Å²) in [5.74, 6) is 0.583. The highest BCUT2D eigenvalue weighted by atomic mass is 35.5. The molecule has 0 saturated heterocycles. The van der Waals surface area contributed by atoms with Crippen molar-refractivity contribution in [3.8, 4) is 0 Å². The fourth-order valence-electron chi connectivity index (χ4n) is 2.01. The average molecular weight is 284 g/mol. The molecular weight excluding hydrogens is 266 g/mol. The third-order valence-electron chi connectivity index (χ3n) is 2.80. The number of rotatable bonds is 5. The summed E-state index contributed by atoms with van der Waals surface area (Å²) in [4.78, 5) is 5.43. The zero-order valence-corrected chi connectivity index (χ0v) is 12.2. The van der Waals surface area contributed by atoms with Crippen molar-refractivity contribution in [1.29, 1.82) is 0 Å². The summed E-state index contributed by atoms with van der Waals surface area (Å²) in [6.45, 7) is 5.15. The van der Waals surface area contributed by atoms with Gasteiger partial charge in [-0.1, -0.05) is 25.4 Å². The molecule has 98 valence electrons. The second-order valence-corrected chi connectivity index (χ2v) is 6.69. The average Bonchev–Trinajstić information content (AvgIpc) is 2.87. The smallest absolute Gasteiger partial charge is 0.0952 e. The van der Waals surface area contributed by atoms with E-state index in [1.807, 2.05) is 24.7 Å². The normalized spacial score (nSPS) is 13.2. The number of aromatic nitrogens is 2. The molecule has 2 heterocycles. The van der Waals surface area contributed by atoms with Gasteiger partial charge in [-0.2, -0.15) is 0 Å². The molecule has 2 aromatic rings. The van der Waals surface area contributed by atoms with E-state index < -0.39 is 0 Å². The van der Waals surface area contributed by atoms with Crippen molar-refractivity contribution in [3.05, 3.63) is 39.6 Å². The Hall–Kier alpha value is -0.840. The van der Waals surface area contributed by atoms with Crippen LogP contribution in [-0.2, 0) is 6.54 Å². The lowest BCUT2D eigenvalue weighted by Crippen LogP contribution is -2.17. The van der Waals surface area contributed by atoms with Gasteiger partial charge in [0.25, 0.3) is 0 Å². The van der Waals surface area contributed by atoms with Gasteiger partial charge in [-0.3, -0.25) is 0 Å². The Labute approximate surface area is 117 Å². The monoisotopic (exact) mass is 283 g/mol. The van der Waals surface area contributed by atoms with Crippen molar-refractivity contribution in [2.75, 3.05) is 0 Å². The minimum atomic E-state index is 0.0444. The van der Waals surface area contributed by atoms with E-state index in [0.717, 1.165) is 23.0 Å². The number of nitrogens with zero attached hydrogens (tertiary/aromatic N) is 2. The predicted molar refractivity (Wildman–Crippen MR) is 77.0 cm³/mol. The maximum Gasteiger partial charge on any atom is 0.0952 e. The zero-order chi connectivity index (χ0) is 13.1. The van der Waals surface area contributed by atoms with Gasteiger partial charge in [-0.05, 0) is 24.5 Å². The summed E-state index contributed by atoms with van der Waals surface area (Å²) in [7, 11) is 0. The van der Waals surface area contributed by atoms with E-state index >= 15 is 0 Å². The van der Waals surface area contributed by atoms with Crippen LogP contribution in [0.3, 0.4) is 0 Å². The van der Waals surface area contributed by atoms with E-state index in [2.05, 4.69) is 23.4 Å². The van der Waals surface area contributed by atoms with Crippen LogP contribution in [0.1, 0.15) is 36.9 Å². The molecule has 18 heavy (non-hydrogen) atoms. The summed E-state index contributed by atoms with van der Waals surface area (Å²) in [5.41, 5.74) is 7.31. The Morgan fingerprint density at radius 3 is 2.83 bits per heavy atom. The molecule has 0 radical (unpaired) electrons. The molecule has 0 aromatic carbocycles. The maximum absolute atomic E-state index is 6.22. The molecular formula is C13H18ClN3S. The Balaban J connectivity index is 2.12. The van der Waals surface area contributed by atoms with Crippen LogP contribution >= 0.6 is 22.9 Å². The molecule has 0 aliphatic heterocycles. The summed E-state index contributed by atoms with van der Waals surface area (Å²) < 4.78 is 2.92. The minimum Gasteiger partial charge on any atom is -0.328 e. The third kappa shape index (κ3) is 3.34. The first-order valence-electron chi connectivity index (χ1n) is 6.06. The van der Waals surface area contributed by atoms with Gasteiger partial charge in [0.05, 0.1) is 22.9 Å². The number of hydrogen-bond acceptors (Lipinski definition) is 3. The number of hydrogen-bond donors (Lipinski definition) is 1. The molecule has 1 unspecified atom stereocenters. The fourth-order valence-corrected chi connectivity index (χ4v) is 3.09. The highest BCUT2D eigenvalue weighted by Crippen LogP contribution is 2.24. The predicted octanol–water partition coefficient (Wildman–Crippen LogP) is 3.69. The topological polar surface area (TPSA) is 43.8 Å². The summed E-state index contributed by atoms with van der Waals surface area (Å²) in [6.07, 6.45) is 4.67. The van der Waals surface area contributed by atoms with Crippen LogP contribution in [0.25, 0.3) is 0 Å². The summed E-state index contributed by atoms with van der Waals surface area (Å²) in [6, 6.07) is 4.01. The fraction of sp³-hybridized carbons (Fsp3) is 0.462. The van der Waals surface area contributed by atoms with E-state index in [9.17, 15) is 0 Å². The van der Waals surface area contributed by atoms with Crippen molar-refractivity contribution >= 4 is 22.9 Å². The quantitative estimate of drug-likeness (QED) is 0.909. The van der Waals surface area contributed by atoms with Gasteiger partial charge in [0, 0.05) is 17.1 Å². The van der Waals surface area contributed by atoms with Gasteiger partial charge in [-0.25, -0.2) is 4.98 Å². The Morgan fingerprint density at radius 1 is 1.44 bits per heavy atom. The molecule has 0 fully saturated rings. The van der Waals surface area contributed by atoms with E-state index in [4.69, 9.17) is 17.3 Å². The van der Waals surface area contributed by atoms with Gasteiger partial charge in [0.15, 0.2) is 0 Å². The molecule has 5 heteroatoms. The van der Waals surface area contributed by atoms with Crippen LogP contribution in [0.15, 0.2) is 24.7 Å². The van der Waals surface area contributed by atoms with E-state index in [-0.39, 0.29) is 6.04 Å². The lowest BCUT2D eigenvalue weighted by Gasteiger charge is -2.16. The van der Waals surface area contributed by atoms with Crippen LogP contribution < -0.4 is 5.73 Å². The van der Waals surface area contributed by atoms with E-state index in [0.29, 0.717) is 5.92 Å². The second kappa shape index (κ2) is 5.87. The highest BCUT2D eigenvalue weighted by Gasteiger charge is 2.13. The van der Waals surface area contributed by atoms with E-state index in [1.54, 1.807) is 11.3 Å². The first-order valence-corrected chi connectivity index (χ1v) is 7.25. The third-order valence-corrected chi connectivity index (χ3v) is 4.02. The van der Waals surface area contributed by atoms with Crippen molar-refractivity contribution in [3.63, 3.8) is 0 Å². The highest BCUT2D eigenvalue weighted by molar-refractivity contribution is 7.16. The number of imidazole rings is 1. The van der Waals surface area contributed by atoms with Crippen LogP contribution in [0.2, 0.25) is 4.34 Å². The first kappa shape index (κ1) is 13.6. The Morgan fingerprint density at radius 2 is 2.22 bits per heavy atom. The first-order chi connectivity index (χ1) is 8.56. The molecule has 0 saturated carbocycles. The molecule has 0 bridgehead atoms. The van der Waals surface area contributed by atoms with Crippen LogP contribution in [0, 0.1) is 5.92 Å². The number of halogens is 1. The summed E-state index contributed by atoms with van der Waals surface area (Å²) >= 11 is 7.54. The van der Waals surface area contributed by atoms with Crippen LogP contribution in [0.4, 0.5) is 0 Å². The van der Waals surface area contributed by atoms with Gasteiger partial charge >= 0.3 is 0 Å². The van der Waals surface area contributed by atoms with Crippen LogP contribution in [-0.4, -0.2) is 9.55 Å². The standard InChI is InChI=1S/C13H18ClN3S/c1-9(2)5-11(15)12-6-16-8-17(12)7-10-3-4-13(14)18-10/h3-4,6,8-9,11H,5,7,15H2,1-2H3. The van der Waals surface area contributed by atoms with Gasteiger partial charge < -0.3 is 10.3 Å². The van der Waals surface area contributed by atoms with Crippen molar-refractivity contribution in [1.82, 2.24) is 9.55 Å². The minimum absolute atomic E-state index is 0.0444. The number of thiophene rings is 1. The van der Waals surface area contributed by atoms with Gasteiger partial charge in [-0.15, -0.1) is 11.3 Å². The molecule has 2 aromatic heterocycles. The molecule has 0 amide bonds. The molecule has 1 atom stereocenters. The van der Waals surface area contributed by atoms with Crippen molar-refractivity contribution in [2.24, 2.45) is 11.7 Å². The second-order valence-electron chi connectivity index (χ2n) is 4.89. The lowest BCUT2D eigenvalue weighted by molar-refractivity contribution is 0.489. The largest absolute Gasteiger partial charge is 0.328 e. The van der Waals surface area contributed by atoms with E-state index in [1.165, 1.54) is 4.88 Å². The zero-order valence-electron chi connectivity index (χ0n) is 10.6. The number of nitrogens with two attached hydrogens (primary N) is 1. The molecule has 2 rings (SSSR count). The molecule has 3 nitrogen and oxygen atoms in total. The van der Waals surface area contributed by atoms with Crippen LogP contribution in [0.5, 0.6) is 0 Å². The Bertz CT molecular complexity index is 504. The molecule has 0 aliphatic rings. The maximum atomic E-state index is 6.22. The molecule has 2 N–H and O–H groups in total. The SMILES string of the molecule is CC(C)CC(N)c1cncn1Cc1ccc(Cl)s1.